The Bertz CT molecular complexity index is 245. The Morgan fingerprint density at radius 2 is 2.25 bits per heavy atom. The maximum Gasteiger partial charge on any atom is 0.131 e. The summed E-state index contributed by atoms with van der Waals surface area (Å²) >= 11 is 0. The molecule has 0 bridgehead atoms. The van der Waals surface area contributed by atoms with Crippen LogP contribution in [0.25, 0.3) is 0 Å². The maximum absolute atomic E-state index is 5.16. The van der Waals surface area contributed by atoms with Gasteiger partial charge in [-0.15, -0.1) is 0 Å². The van der Waals surface area contributed by atoms with Crippen LogP contribution in [0.15, 0.2) is 18.2 Å². The van der Waals surface area contributed by atoms with E-state index in [0.717, 1.165) is 12.3 Å². The summed E-state index contributed by atoms with van der Waals surface area (Å²) in [7, 11) is 5.74. The van der Waals surface area contributed by atoms with E-state index in [4.69, 9.17) is 4.74 Å². The molecule has 0 saturated carbocycles. The van der Waals surface area contributed by atoms with Crippen molar-refractivity contribution in [1.29, 1.82) is 0 Å². The van der Waals surface area contributed by atoms with Gasteiger partial charge in [0.05, 0.1) is 7.11 Å². The van der Waals surface area contributed by atoms with Crippen molar-refractivity contribution in [1.82, 2.24) is 4.90 Å². The Morgan fingerprint density at radius 1 is 1.50 bits per heavy atom. The summed E-state index contributed by atoms with van der Waals surface area (Å²) in [6, 6.07) is 8.93. The van der Waals surface area contributed by atoms with Gasteiger partial charge in [0.15, 0.2) is 0 Å². The van der Waals surface area contributed by atoms with Crippen LogP contribution >= 0.6 is 0 Å². The van der Waals surface area contributed by atoms with Gasteiger partial charge in [-0.25, -0.2) is 0 Å². The molecular formula is C10H14NO. The Morgan fingerprint density at radius 3 is 2.83 bits per heavy atom. The maximum atomic E-state index is 5.16. The molecule has 0 N–H and O–H groups in total. The molecule has 0 aliphatic rings. The first-order valence-electron chi connectivity index (χ1n) is 3.92. The predicted octanol–water partition coefficient (Wildman–Crippen LogP) is 1.56. The Labute approximate surface area is 73.8 Å². The predicted molar refractivity (Wildman–Crippen MR) is 49.2 cm³/mol. The summed E-state index contributed by atoms with van der Waals surface area (Å²) in [4.78, 5) is 2.10. The summed E-state index contributed by atoms with van der Waals surface area (Å²) in [5.74, 6) is 0.839. The van der Waals surface area contributed by atoms with Crippen LogP contribution in [0.4, 0.5) is 0 Å². The third kappa shape index (κ3) is 2.24. The largest absolute Gasteiger partial charge is 0.496 e. The lowest BCUT2D eigenvalue weighted by Crippen LogP contribution is -2.11. The van der Waals surface area contributed by atoms with Gasteiger partial charge in [-0.1, -0.05) is 18.2 Å². The van der Waals surface area contributed by atoms with E-state index in [1.54, 1.807) is 7.11 Å². The van der Waals surface area contributed by atoms with Gasteiger partial charge in [-0.05, 0) is 14.1 Å². The minimum absolute atomic E-state index is 0.839. The highest BCUT2D eigenvalue weighted by molar-refractivity contribution is 5.31. The molecule has 1 rings (SSSR count). The van der Waals surface area contributed by atoms with Gasteiger partial charge < -0.3 is 9.64 Å². The third-order valence-electron chi connectivity index (χ3n) is 1.59. The van der Waals surface area contributed by atoms with E-state index < -0.39 is 0 Å². The SMILES string of the molecule is COc1[c]cccc1CN(C)C. The molecule has 0 atom stereocenters. The van der Waals surface area contributed by atoms with Crippen LogP contribution in [-0.4, -0.2) is 26.1 Å². The van der Waals surface area contributed by atoms with Crippen molar-refractivity contribution < 1.29 is 4.74 Å². The molecule has 0 unspecified atom stereocenters. The number of para-hydroxylation sites is 1. The van der Waals surface area contributed by atoms with Gasteiger partial charge in [0.25, 0.3) is 0 Å². The lowest BCUT2D eigenvalue weighted by molar-refractivity contribution is 0.371. The number of ether oxygens (including phenoxy) is 1. The minimum atomic E-state index is 0.839. The Balaban J connectivity index is 2.82. The zero-order chi connectivity index (χ0) is 8.97. The van der Waals surface area contributed by atoms with Crippen molar-refractivity contribution in [3.63, 3.8) is 0 Å². The van der Waals surface area contributed by atoms with Crippen molar-refractivity contribution >= 4 is 0 Å². The lowest BCUT2D eigenvalue weighted by atomic mass is 10.2. The summed E-state index contributed by atoms with van der Waals surface area (Å²) in [5, 5.41) is 0. The van der Waals surface area contributed by atoms with Crippen molar-refractivity contribution in [2.75, 3.05) is 21.2 Å². The first-order valence-corrected chi connectivity index (χ1v) is 3.92. The molecule has 0 heterocycles. The van der Waals surface area contributed by atoms with Crippen LogP contribution in [0.3, 0.4) is 0 Å². The fourth-order valence-corrected chi connectivity index (χ4v) is 1.11. The second-order valence-electron chi connectivity index (χ2n) is 2.97. The summed E-state index contributed by atoms with van der Waals surface area (Å²) in [6.07, 6.45) is 0. The monoisotopic (exact) mass is 164 g/mol. The molecule has 0 aliphatic heterocycles. The average molecular weight is 164 g/mol. The number of benzene rings is 1. The second kappa shape index (κ2) is 4.12. The molecule has 1 aromatic rings. The van der Waals surface area contributed by atoms with Gasteiger partial charge in [-0.2, -0.15) is 0 Å². The molecular weight excluding hydrogens is 150 g/mol. The van der Waals surface area contributed by atoms with Gasteiger partial charge in [0.1, 0.15) is 5.75 Å². The molecule has 1 aromatic carbocycles. The molecule has 2 nitrogen and oxygen atoms in total. The summed E-state index contributed by atoms with van der Waals surface area (Å²) < 4.78 is 5.16. The number of methoxy groups -OCH3 is 1. The van der Waals surface area contributed by atoms with Crippen LogP contribution in [-0.2, 0) is 6.54 Å². The second-order valence-corrected chi connectivity index (χ2v) is 2.97. The number of hydrogen-bond donors (Lipinski definition) is 0. The van der Waals surface area contributed by atoms with Gasteiger partial charge in [0.2, 0.25) is 0 Å². The van der Waals surface area contributed by atoms with Crippen molar-refractivity contribution in [3.05, 3.63) is 29.8 Å². The van der Waals surface area contributed by atoms with E-state index in [2.05, 4.69) is 17.0 Å². The average Bonchev–Trinajstić information content (AvgIpc) is 2.04. The van der Waals surface area contributed by atoms with Crippen molar-refractivity contribution in [2.24, 2.45) is 0 Å². The number of rotatable bonds is 3. The molecule has 0 amide bonds. The zero-order valence-corrected chi connectivity index (χ0v) is 7.79. The van der Waals surface area contributed by atoms with E-state index in [1.807, 2.05) is 26.2 Å². The first kappa shape index (κ1) is 9.07. The normalized spacial score (nSPS) is 10.3. The van der Waals surface area contributed by atoms with E-state index >= 15 is 0 Å². The van der Waals surface area contributed by atoms with Crippen LogP contribution in [0.5, 0.6) is 5.75 Å². The van der Waals surface area contributed by atoms with E-state index in [9.17, 15) is 0 Å². The fourth-order valence-electron chi connectivity index (χ4n) is 1.11. The topological polar surface area (TPSA) is 12.5 Å². The summed E-state index contributed by atoms with van der Waals surface area (Å²) in [6.45, 7) is 0.889. The third-order valence-corrected chi connectivity index (χ3v) is 1.59. The van der Waals surface area contributed by atoms with E-state index in [-0.39, 0.29) is 0 Å². The molecule has 0 fully saturated rings. The van der Waals surface area contributed by atoms with Gasteiger partial charge in [0, 0.05) is 18.2 Å². The fraction of sp³-hybridized carbons (Fsp3) is 0.400. The molecule has 0 spiro atoms. The molecule has 12 heavy (non-hydrogen) atoms. The van der Waals surface area contributed by atoms with Gasteiger partial charge >= 0.3 is 0 Å². The van der Waals surface area contributed by atoms with Crippen LogP contribution < -0.4 is 4.74 Å². The molecule has 0 aromatic heterocycles. The molecule has 65 valence electrons. The molecule has 0 aliphatic carbocycles. The molecule has 1 radical (unpaired) electrons. The van der Waals surface area contributed by atoms with Gasteiger partial charge in [-0.3, -0.25) is 0 Å². The number of nitrogens with zero attached hydrogens (tertiary/aromatic N) is 1. The van der Waals surface area contributed by atoms with Crippen LogP contribution in [0.1, 0.15) is 5.56 Å². The smallest absolute Gasteiger partial charge is 0.131 e. The highest BCUT2D eigenvalue weighted by Crippen LogP contribution is 2.17. The standard InChI is InChI=1S/C10H14NO/c1-11(2)8-9-6-4-5-7-10(9)12-3/h4-6H,8H2,1-3H3. The Kier molecular flexibility index (Phi) is 3.11. The minimum Gasteiger partial charge on any atom is -0.496 e. The van der Waals surface area contributed by atoms with Crippen molar-refractivity contribution in [3.8, 4) is 5.75 Å². The van der Waals surface area contributed by atoms with E-state index in [1.165, 1.54) is 5.56 Å². The van der Waals surface area contributed by atoms with E-state index in [0.29, 0.717) is 0 Å². The molecule has 0 saturated heterocycles. The zero-order valence-electron chi connectivity index (χ0n) is 7.79. The van der Waals surface area contributed by atoms with Crippen LogP contribution in [0.2, 0.25) is 0 Å². The number of hydrogen-bond acceptors (Lipinski definition) is 2. The molecule has 2 heteroatoms. The van der Waals surface area contributed by atoms with Crippen molar-refractivity contribution in [2.45, 2.75) is 6.54 Å². The quantitative estimate of drug-likeness (QED) is 0.672. The first-order chi connectivity index (χ1) is 5.74. The van der Waals surface area contributed by atoms with Crippen LogP contribution in [0, 0.1) is 6.07 Å². The Hall–Kier alpha value is -1.02. The highest BCUT2D eigenvalue weighted by Gasteiger charge is 2.01. The summed E-state index contributed by atoms with van der Waals surface area (Å²) in [5.41, 5.74) is 1.17. The lowest BCUT2D eigenvalue weighted by Gasteiger charge is -2.12. The highest BCUT2D eigenvalue weighted by atomic mass is 16.5.